The molecule has 0 aromatic carbocycles. The van der Waals surface area contributed by atoms with E-state index in [0.29, 0.717) is 12.8 Å². The van der Waals surface area contributed by atoms with Gasteiger partial charge in [0.2, 0.25) is 5.91 Å². The summed E-state index contributed by atoms with van der Waals surface area (Å²) in [5.41, 5.74) is 0. The molecule has 190 valence electrons. The van der Waals surface area contributed by atoms with Crippen molar-refractivity contribution in [1.82, 2.24) is 5.32 Å². The van der Waals surface area contributed by atoms with Crippen LogP contribution in [0.5, 0.6) is 0 Å². The Kier molecular flexibility index (Phi) is 22.9. The first-order valence-corrected chi connectivity index (χ1v) is 15.6. The summed E-state index contributed by atoms with van der Waals surface area (Å²) in [6, 6.07) is -0.726. The lowest BCUT2D eigenvalue weighted by Gasteiger charge is -2.14. The summed E-state index contributed by atoms with van der Waals surface area (Å²) in [5.74, 6) is 1.05. The molecule has 1 amide bonds. The van der Waals surface area contributed by atoms with Crippen molar-refractivity contribution >= 4 is 22.8 Å². The minimum Gasteiger partial charge on any atom is -0.480 e. The molecule has 0 aromatic heterocycles. The third kappa shape index (κ3) is 21.2. The van der Waals surface area contributed by atoms with E-state index >= 15 is 0 Å². The van der Waals surface area contributed by atoms with Gasteiger partial charge in [-0.15, -0.1) is 0 Å². The van der Waals surface area contributed by atoms with Crippen molar-refractivity contribution in [2.75, 3.05) is 17.8 Å². The van der Waals surface area contributed by atoms with Gasteiger partial charge in [0.1, 0.15) is 17.5 Å². The SMILES string of the molecule is CCCCCCCCCCCCCCCCCC(=O)N[C@H](CC[S+](C)CCCC)C(=O)O. The topological polar surface area (TPSA) is 66.4 Å². The summed E-state index contributed by atoms with van der Waals surface area (Å²) in [7, 11) is 0.248. The average molecular weight is 473 g/mol. The van der Waals surface area contributed by atoms with Crippen molar-refractivity contribution in [2.24, 2.45) is 0 Å². The van der Waals surface area contributed by atoms with Crippen molar-refractivity contribution < 1.29 is 14.7 Å². The number of nitrogens with one attached hydrogen (secondary N) is 1. The van der Waals surface area contributed by atoms with E-state index in [1.165, 1.54) is 96.3 Å². The van der Waals surface area contributed by atoms with E-state index < -0.39 is 12.0 Å². The molecule has 0 aliphatic heterocycles. The molecular weight excluding hydrogens is 418 g/mol. The highest BCUT2D eigenvalue weighted by atomic mass is 32.2. The zero-order valence-corrected chi connectivity index (χ0v) is 22.4. The first-order chi connectivity index (χ1) is 15.5. The van der Waals surface area contributed by atoms with Gasteiger partial charge < -0.3 is 10.4 Å². The Bertz CT molecular complexity index is 445. The Morgan fingerprint density at radius 2 is 1.12 bits per heavy atom. The van der Waals surface area contributed by atoms with Crippen LogP contribution in [0.1, 0.15) is 136 Å². The lowest BCUT2D eigenvalue weighted by molar-refractivity contribution is -0.141. The molecule has 0 rings (SSSR count). The predicted octanol–water partition coefficient (Wildman–Crippen LogP) is 7.26. The molecule has 4 nitrogen and oxygen atoms in total. The lowest BCUT2D eigenvalue weighted by atomic mass is 10.0. The van der Waals surface area contributed by atoms with E-state index in [0.717, 1.165) is 24.3 Å². The first kappa shape index (κ1) is 31.3. The highest BCUT2D eigenvalue weighted by Gasteiger charge is 2.23. The van der Waals surface area contributed by atoms with Gasteiger partial charge in [-0.05, 0) is 23.7 Å². The highest BCUT2D eigenvalue weighted by molar-refractivity contribution is 7.96. The molecule has 0 heterocycles. The van der Waals surface area contributed by atoms with Gasteiger partial charge in [-0.3, -0.25) is 4.79 Å². The molecule has 1 unspecified atom stereocenters. The fraction of sp³-hybridized carbons (Fsp3) is 0.926. The molecule has 5 heteroatoms. The van der Waals surface area contributed by atoms with Crippen LogP contribution in [0.25, 0.3) is 0 Å². The first-order valence-electron chi connectivity index (χ1n) is 13.6. The lowest BCUT2D eigenvalue weighted by Crippen LogP contribution is -2.41. The molecule has 0 radical (unpaired) electrons. The van der Waals surface area contributed by atoms with Crippen molar-refractivity contribution in [3.8, 4) is 0 Å². The van der Waals surface area contributed by atoms with Crippen molar-refractivity contribution in [2.45, 2.75) is 142 Å². The fourth-order valence-electron chi connectivity index (χ4n) is 3.99. The maximum atomic E-state index is 12.1. The molecule has 0 aliphatic carbocycles. The van der Waals surface area contributed by atoms with Crippen LogP contribution in [0, 0.1) is 0 Å². The fourth-order valence-corrected chi connectivity index (χ4v) is 5.62. The zero-order valence-electron chi connectivity index (χ0n) is 21.6. The van der Waals surface area contributed by atoms with E-state index in [9.17, 15) is 14.7 Å². The molecule has 0 saturated heterocycles. The van der Waals surface area contributed by atoms with Crippen LogP contribution in [0.3, 0.4) is 0 Å². The maximum Gasteiger partial charge on any atom is 0.326 e. The Balaban J connectivity index is 3.58. The zero-order chi connectivity index (χ0) is 23.9. The molecule has 32 heavy (non-hydrogen) atoms. The number of aliphatic carboxylic acids is 1. The summed E-state index contributed by atoms with van der Waals surface area (Å²) in [5, 5.41) is 12.1. The Hall–Kier alpha value is -0.710. The second-order valence-electron chi connectivity index (χ2n) is 9.49. The second-order valence-corrected chi connectivity index (χ2v) is 11.9. The standard InChI is InChI=1S/C27H53NO3S/c1-4-6-8-9-10-11-12-13-14-15-16-17-18-19-20-21-26(29)28-25(27(30)31)22-24-32(3)23-7-5-2/h25H,4-24H2,1-3H3,(H-,28,29,30,31)/p+1/t25-,32?/m1/s1. The quantitative estimate of drug-likeness (QED) is 0.115. The molecule has 0 bridgehead atoms. The smallest absolute Gasteiger partial charge is 0.326 e. The third-order valence-electron chi connectivity index (χ3n) is 6.24. The number of hydrogen-bond donors (Lipinski definition) is 2. The van der Waals surface area contributed by atoms with E-state index in [1.54, 1.807) is 0 Å². The Morgan fingerprint density at radius 1 is 0.688 bits per heavy atom. The van der Waals surface area contributed by atoms with Crippen molar-refractivity contribution in [3.63, 3.8) is 0 Å². The van der Waals surface area contributed by atoms with Crippen LogP contribution in [-0.2, 0) is 20.5 Å². The molecule has 0 saturated carbocycles. The minimum absolute atomic E-state index is 0.100. The van der Waals surface area contributed by atoms with Gasteiger partial charge in [0.25, 0.3) is 0 Å². The molecule has 0 fully saturated rings. The van der Waals surface area contributed by atoms with E-state index in [-0.39, 0.29) is 16.8 Å². The van der Waals surface area contributed by atoms with Crippen LogP contribution in [0.15, 0.2) is 0 Å². The van der Waals surface area contributed by atoms with Crippen LogP contribution in [0.2, 0.25) is 0 Å². The largest absolute Gasteiger partial charge is 0.480 e. The van der Waals surface area contributed by atoms with Gasteiger partial charge in [-0.1, -0.05) is 110 Å². The van der Waals surface area contributed by atoms with Gasteiger partial charge in [-0.25, -0.2) is 4.79 Å². The Labute approximate surface area is 202 Å². The Morgan fingerprint density at radius 3 is 1.56 bits per heavy atom. The normalized spacial score (nSPS) is 13.1. The van der Waals surface area contributed by atoms with Crippen LogP contribution in [0.4, 0.5) is 0 Å². The summed E-state index contributed by atoms with van der Waals surface area (Å²) < 4.78 is 0. The maximum absolute atomic E-state index is 12.1. The van der Waals surface area contributed by atoms with Crippen molar-refractivity contribution in [3.05, 3.63) is 0 Å². The van der Waals surface area contributed by atoms with Gasteiger partial charge in [0.15, 0.2) is 0 Å². The number of unbranched alkanes of at least 4 members (excludes halogenated alkanes) is 15. The second kappa shape index (κ2) is 23.4. The van der Waals surface area contributed by atoms with Crippen molar-refractivity contribution in [1.29, 1.82) is 0 Å². The molecule has 0 spiro atoms. The number of carboxylic acid groups (broad SMARTS) is 1. The molecule has 2 N–H and O–H groups in total. The number of carbonyl (C=O) groups is 2. The number of amides is 1. The monoisotopic (exact) mass is 472 g/mol. The van der Waals surface area contributed by atoms with E-state index in [4.69, 9.17) is 0 Å². The minimum atomic E-state index is -0.901. The highest BCUT2D eigenvalue weighted by Crippen LogP contribution is 2.14. The van der Waals surface area contributed by atoms with Gasteiger partial charge in [0.05, 0.1) is 6.26 Å². The van der Waals surface area contributed by atoms with Crippen LogP contribution < -0.4 is 5.32 Å². The van der Waals surface area contributed by atoms with E-state index in [2.05, 4.69) is 25.4 Å². The molecule has 0 aromatic rings. The number of carbonyl (C=O) groups excluding carboxylic acids is 1. The summed E-state index contributed by atoms with van der Waals surface area (Å²) in [6.07, 6.45) is 25.1. The van der Waals surface area contributed by atoms with Crippen LogP contribution >= 0.6 is 0 Å². The summed E-state index contributed by atoms with van der Waals surface area (Å²) in [4.78, 5) is 23.6. The van der Waals surface area contributed by atoms with Gasteiger partial charge in [0, 0.05) is 12.8 Å². The van der Waals surface area contributed by atoms with E-state index in [1.807, 2.05) is 0 Å². The third-order valence-corrected chi connectivity index (χ3v) is 8.16. The van der Waals surface area contributed by atoms with Gasteiger partial charge in [-0.2, -0.15) is 0 Å². The summed E-state index contributed by atoms with van der Waals surface area (Å²) in [6.45, 7) is 4.45. The number of hydrogen-bond acceptors (Lipinski definition) is 2. The summed E-state index contributed by atoms with van der Waals surface area (Å²) >= 11 is 0. The average Bonchev–Trinajstić information content (AvgIpc) is 2.77. The van der Waals surface area contributed by atoms with Gasteiger partial charge >= 0.3 is 5.97 Å². The number of rotatable bonds is 24. The van der Waals surface area contributed by atoms with Crippen LogP contribution in [-0.4, -0.2) is 40.8 Å². The molecular formula is C27H54NO3S+. The molecule has 2 atom stereocenters. The molecule has 0 aliphatic rings. The number of carboxylic acids is 1. The predicted molar refractivity (Wildman–Crippen MR) is 142 cm³/mol.